The molecule has 2 aliphatic heterocycles. The summed E-state index contributed by atoms with van der Waals surface area (Å²) in [7, 11) is 1.30. The van der Waals surface area contributed by atoms with Gasteiger partial charge in [-0.3, -0.25) is 19.2 Å². The minimum Gasteiger partial charge on any atom is -0.494 e. The summed E-state index contributed by atoms with van der Waals surface area (Å²) in [6.07, 6.45) is 1.33. The third kappa shape index (κ3) is 5.34. The Balaban J connectivity index is 1.56. The van der Waals surface area contributed by atoms with Crippen LogP contribution < -0.4 is 15.4 Å². The van der Waals surface area contributed by atoms with Crippen LogP contribution in [0.15, 0.2) is 18.2 Å². The molecule has 2 saturated heterocycles. The van der Waals surface area contributed by atoms with E-state index in [1.54, 1.807) is 32.6 Å². The summed E-state index contributed by atoms with van der Waals surface area (Å²) < 4.78 is 30.4. The van der Waals surface area contributed by atoms with E-state index in [0.717, 1.165) is 12.8 Å². The zero-order valence-electron chi connectivity index (χ0n) is 22.4. The predicted molar refractivity (Wildman–Crippen MR) is 133 cm³/mol. The lowest BCUT2D eigenvalue weighted by molar-refractivity contribution is -0.165. The van der Waals surface area contributed by atoms with Gasteiger partial charge >= 0.3 is 5.97 Å². The van der Waals surface area contributed by atoms with Gasteiger partial charge in [-0.15, -0.1) is 0 Å². The first-order valence-corrected chi connectivity index (χ1v) is 13.0. The van der Waals surface area contributed by atoms with Crippen LogP contribution in [0.4, 0.5) is 4.39 Å². The van der Waals surface area contributed by atoms with Crippen molar-refractivity contribution in [1.82, 2.24) is 15.5 Å². The van der Waals surface area contributed by atoms with Crippen LogP contribution in [0.3, 0.4) is 0 Å². The van der Waals surface area contributed by atoms with Crippen LogP contribution in [-0.2, 0) is 23.9 Å². The fraction of sp³-hybridized carbons (Fsp3) is 0.630. The summed E-state index contributed by atoms with van der Waals surface area (Å²) in [6, 6.07) is 1.64. The van der Waals surface area contributed by atoms with Gasteiger partial charge in [-0.05, 0) is 49.7 Å². The van der Waals surface area contributed by atoms with E-state index in [4.69, 9.17) is 14.2 Å². The van der Waals surface area contributed by atoms with Crippen molar-refractivity contribution >= 4 is 23.7 Å². The fourth-order valence-corrected chi connectivity index (χ4v) is 5.73. The number of benzene rings is 1. The molecule has 2 heterocycles. The number of cyclic esters (lactones) is 1. The molecular weight excluding hydrogens is 497 g/mol. The van der Waals surface area contributed by atoms with Gasteiger partial charge in [0.1, 0.15) is 18.1 Å². The van der Waals surface area contributed by atoms with Gasteiger partial charge in [0.2, 0.25) is 18.1 Å². The Kier molecular flexibility index (Phi) is 7.96. The quantitative estimate of drug-likeness (QED) is 0.491. The SMILES string of the molecule is CCO[C@@H]1OC(=O)C[C@H]1NC(=O)[C@@H]1[C@@H]2CC[C@@H](C2)N1C(=O)[C@@H](NC(=O)c1cccc(OC)c1F)C(C)(C)C. The van der Waals surface area contributed by atoms with Crippen molar-refractivity contribution in [3.63, 3.8) is 0 Å². The molecule has 1 saturated carbocycles. The fourth-order valence-electron chi connectivity index (χ4n) is 5.73. The maximum Gasteiger partial charge on any atom is 0.310 e. The second-order valence-corrected chi connectivity index (χ2v) is 11.1. The number of piperidine rings is 1. The molecule has 4 rings (SSSR count). The van der Waals surface area contributed by atoms with Crippen molar-refractivity contribution in [2.45, 2.75) is 83.8 Å². The molecule has 11 heteroatoms. The van der Waals surface area contributed by atoms with Crippen LogP contribution in [0.25, 0.3) is 0 Å². The Hall–Kier alpha value is -3.21. The van der Waals surface area contributed by atoms with E-state index < -0.39 is 53.4 Å². The number of ether oxygens (including phenoxy) is 3. The number of methoxy groups -OCH3 is 1. The van der Waals surface area contributed by atoms with Crippen LogP contribution in [0.2, 0.25) is 0 Å². The van der Waals surface area contributed by atoms with Gasteiger partial charge in [0, 0.05) is 12.6 Å². The van der Waals surface area contributed by atoms with Crippen molar-refractivity contribution in [3.8, 4) is 5.75 Å². The topological polar surface area (TPSA) is 123 Å². The van der Waals surface area contributed by atoms with E-state index in [1.807, 2.05) is 0 Å². The van der Waals surface area contributed by atoms with Crippen LogP contribution in [0.5, 0.6) is 5.75 Å². The molecule has 3 aliphatic rings. The number of fused-ring (bicyclic) bond motifs is 2. The number of esters is 1. The average molecular weight is 534 g/mol. The van der Waals surface area contributed by atoms with Gasteiger partial charge in [0.05, 0.1) is 19.1 Å². The highest BCUT2D eigenvalue weighted by atomic mass is 19.1. The lowest BCUT2D eigenvalue weighted by Crippen LogP contribution is -2.62. The highest BCUT2D eigenvalue weighted by molar-refractivity contribution is 5.99. The Labute approximate surface area is 221 Å². The van der Waals surface area contributed by atoms with Crippen molar-refractivity contribution in [3.05, 3.63) is 29.6 Å². The van der Waals surface area contributed by atoms with Crippen molar-refractivity contribution < 1.29 is 37.8 Å². The zero-order chi connectivity index (χ0) is 27.8. The summed E-state index contributed by atoms with van der Waals surface area (Å²) in [5, 5.41) is 5.59. The molecule has 3 amide bonds. The van der Waals surface area contributed by atoms with Crippen LogP contribution in [0.1, 0.15) is 63.7 Å². The molecule has 38 heavy (non-hydrogen) atoms. The maximum atomic E-state index is 14.8. The number of nitrogens with one attached hydrogen (secondary N) is 2. The summed E-state index contributed by atoms with van der Waals surface area (Å²) in [5.41, 5.74) is -0.979. The van der Waals surface area contributed by atoms with E-state index in [1.165, 1.54) is 25.3 Å². The first-order valence-electron chi connectivity index (χ1n) is 13.0. The van der Waals surface area contributed by atoms with Crippen LogP contribution >= 0.6 is 0 Å². The Morgan fingerprint density at radius 2 is 1.97 bits per heavy atom. The number of carbonyl (C=O) groups excluding carboxylic acids is 4. The molecular formula is C27H36FN3O7. The molecule has 10 nitrogen and oxygen atoms in total. The molecule has 208 valence electrons. The molecule has 2 bridgehead atoms. The van der Waals surface area contributed by atoms with E-state index in [0.29, 0.717) is 13.0 Å². The number of nitrogens with zero attached hydrogens (tertiary/aromatic N) is 1. The van der Waals surface area contributed by atoms with Gasteiger partial charge in [0.25, 0.3) is 5.91 Å². The van der Waals surface area contributed by atoms with Gasteiger partial charge in [-0.1, -0.05) is 26.8 Å². The van der Waals surface area contributed by atoms with Crippen LogP contribution in [0, 0.1) is 17.2 Å². The van der Waals surface area contributed by atoms with Crippen LogP contribution in [-0.4, -0.2) is 72.8 Å². The van der Waals surface area contributed by atoms with E-state index in [-0.39, 0.29) is 35.6 Å². The summed E-state index contributed by atoms with van der Waals surface area (Å²) in [5.74, 6) is -2.93. The van der Waals surface area contributed by atoms with Gasteiger partial charge in [-0.2, -0.15) is 0 Å². The predicted octanol–water partition coefficient (Wildman–Crippen LogP) is 2.15. The smallest absolute Gasteiger partial charge is 0.310 e. The van der Waals surface area contributed by atoms with E-state index in [2.05, 4.69) is 10.6 Å². The standard InChI is InChI=1S/C27H36FN3O7/c1-6-37-26-17(13-19(32)38-26)29-24(34)21-14-10-11-15(12-14)31(21)25(35)22(27(2,3)4)30-23(33)16-8-7-9-18(36-5)20(16)28/h7-9,14-15,17,21-22,26H,6,10-13H2,1-5H3,(H,29,34)(H,30,33)/t14-,15+,17-,21+,22-,26-/m1/s1. The summed E-state index contributed by atoms with van der Waals surface area (Å²) >= 11 is 0. The monoisotopic (exact) mass is 533 g/mol. The number of hydrogen-bond acceptors (Lipinski definition) is 7. The number of halogens is 1. The third-order valence-electron chi connectivity index (χ3n) is 7.55. The third-order valence-corrected chi connectivity index (χ3v) is 7.55. The molecule has 0 spiro atoms. The Bertz CT molecular complexity index is 1100. The zero-order valence-corrected chi connectivity index (χ0v) is 22.4. The number of hydrogen-bond donors (Lipinski definition) is 2. The number of likely N-dealkylation sites (tertiary alicyclic amines) is 1. The largest absolute Gasteiger partial charge is 0.494 e. The molecule has 1 aliphatic carbocycles. The van der Waals surface area contributed by atoms with Crippen molar-refractivity contribution in [2.75, 3.05) is 13.7 Å². The van der Waals surface area contributed by atoms with E-state index in [9.17, 15) is 23.6 Å². The Morgan fingerprint density at radius 3 is 2.63 bits per heavy atom. The summed E-state index contributed by atoms with van der Waals surface area (Å²) in [6.45, 7) is 7.48. The minimum atomic E-state index is -1.03. The number of carbonyl (C=O) groups is 4. The highest BCUT2D eigenvalue weighted by Crippen LogP contribution is 2.44. The number of amides is 3. The minimum absolute atomic E-state index is 0.0159. The lowest BCUT2D eigenvalue weighted by atomic mass is 9.84. The molecule has 1 aromatic rings. The second-order valence-electron chi connectivity index (χ2n) is 11.1. The molecule has 2 N–H and O–H groups in total. The van der Waals surface area contributed by atoms with Crippen molar-refractivity contribution in [1.29, 1.82) is 0 Å². The normalized spacial score (nSPS) is 27.2. The second kappa shape index (κ2) is 10.9. The summed E-state index contributed by atoms with van der Waals surface area (Å²) in [4.78, 5) is 54.1. The van der Waals surface area contributed by atoms with Gasteiger partial charge < -0.3 is 29.7 Å². The first kappa shape index (κ1) is 27.8. The Morgan fingerprint density at radius 1 is 1.24 bits per heavy atom. The maximum absolute atomic E-state index is 14.8. The van der Waals surface area contributed by atoms with Gasteiger partial charge in [0.15, 0.2) is 11.6 Å². The molecule has 6 atom stereocenters. The molecule has 3 fully saturated rings. The molecule has 1 aromatic carbocycles. The van der Waals surface area contributed by atoms with Crippen molar-refractivity contribution in [2.24, 2.45) is 11.3 Å². The van der Waals surface area contributed by atoms with E-state index >= 15 is 0 Å². The molecule has 0 radical (unpaired) electrons. The number of rotatable bonds is 8. The lowest BCUT2D eigenvalue weighted by Gasteiger charge is -2.40. The molecule has 0 unspecified atom stereocenters. The average Bonchev–Trinajstić information content (AvgIpc) is 3.56. The molecule has 0 aromatic heterocycles. The highest BCUT2D eigenvalue weighted by Gasteiger charge is 2.54. The first-order chi connectivity index (χ1) is 18.0. The van der Waals surface area contributed by atoms with Gasteiger partial charge in [-0.25, -0.2) is 4.39 Å².